The topological polar surface area (TPSA) is 3.24 Å². The molecule has 19 heavy (non-hydrogen) atoms. The minimum Gasteiger partial charge on any atom is -0.292 e. The van der Waals surface area contributed by atoms with Crippen molar-refractivity contribution < 1.29 is 0 Å². The number of hydrogen-bond acceptors (Lipinski definition) is 1. The SMILES string of the molecule is C#CCN(C)C(C)C(C)C(C)C1=CC=CCCC=C1. The molecule has 1 nitrogen and oxygen atoms in total. The van der Waals surface area contributed by atoms with Crippen molar-refractivity contribution in [3.05, 3.63) is 36.0 Å². The Balaban J connectivity index is 2.75. The average molecular weight is 257 g/mol. The van der Waals surface area contributed by atoms with Crippen LogP contribution in [-0.4, -0.2) is 24.5 Å². The summed E-state index contributed by atoms with van der Waals surface area (Å²) in [5.41, 5.74) is 1.42. The van der Waals surface area contributed by atoms with E-state index in [2.05, 4.69) is 69.0 Å². The zero-order valence-corrected chi connectivity index (χ0v) is 12.8. The Bertz CT molecular complexity index is 394. The third-order valence-electron chi connectivity index (χ3n) is 4.35. The first-order valence-corrected chi connectivity index (χ1v) is 7.25. The van der Waals surface area contributed by atoms with Gasteiger partial charge >= 0.3 is 0 Å². The lowest BCUT2D eigenvalue weighted by Gasteiger charge is -2.33. The fraction of sp³-hybridized carbons (Fsp3) is 0.556. The predicted molar refractivity (Wildman–Crippen MR) is 84.9 cm³/mol. The molecule has 0 aromatic heterocycles. The van der Waals surface area contributed by atoms with Gasteiger partial charge in [0, 0.05) is 6.04 Å². The number of hydrogen-bond donors (Lipinski definition) is 0. The Kier molecular flexibility index (Phi) is 6.67. The van der Waals surface area contributed by atoms with Crippen molar-refractivity contribution >= 4 is 0 Å². The van der Waals surface area contributed by atoms with Crippen LogP contribution in [0.25, 0.3) is 0 Å². The second-order valence-corrected chi connectivity index (χ2v) is 5.58. The summed E-state index contributed by atoms with van der Waals surface area (Å²) in [5.74, 6) is 3.83. The first-order valence-electron chi connectivity index (χ1n) is 7.25. The summed E-state index contributed by atoms with van der Waals surface area (Å²) >= 11 is 0. The summed E-state index contributed by atoms with van der Waals surface area (Å²) < 4.78 is 0. The predicted octanol–water partition coefficient (Wildman–Crippen LogP) is 4.04. The molecule has 1 aliphatic rings. The van der Waals surface area contributed by atoms with E-state index in [0.717, 1.165) is 12.8 Å². The monoisotopic (exact) mass is 257 g/mol. The smallest absolute Gasteiger partial charge is 0.0598 e. The molecule has 0 saturated heterocycles. The maximum Gasteiger partial charge on any atom is 0.0598 e. The van der Waals surface area contributed by atoms with Gasteiger partial charge in [-0.2, -0.15) is 0 Å². The van der Waals surface area contributed by atoms with Gasteiger partial charge in [0.05, 0.1) is 6.54 Å². The van der Waals surface area contributed by atoms with E-state index in [9.17, 15) is 0 Å². The van der Waals surface area contributed by atoms with Gasteiger partial charge in [-0.3, -0.25) is 4.90 Å². The van der Waals surface area contributed by atoms with Crippen LogP contribution in [0.15, 0.2) is 36.0 Å². The van der Waals surface area contributed by atoms with Crippen LogP contribution in [0.3, 0.4) is 0 Å². The maximum absolute atomic E-state index is 5.40. The first-order chi connectivity index (χ1) is 9.07. The molecule has 0 saturated carbocycles. The highest BCUT2D eigenvalue weighted by molar-refractivity contribution is 5.28. The van der Waals surface area contributed by atoms with Gasteiger partial charge in [-0.15, -0.1) is 6.42 Å². The highest BCUT2D eigenvalue weighted by Gasteiger charge is 2.23. The molecule has 0 bridgehead atoms. The Morgan fingerprint density at radius 1 is 1.26 bits per heavy atom. The second-order valence-electron chi connectivity index (χ2n) is 5.58. The van der Waals surface area contributed by atoms with E-state index >= 15 is 0 Å². The molecule has 0 N–H and O–H groups in total. The summed E-state index contributed by atoms with van der Waals surface area (Å²) in [6.07, 6.45) is 19.0. The summed E-state index contributed by atoms with van der Waals surface area (Å²) in [6, 6.07) is 0.481. The van der Waals surface area contributed by atoms with E-state index < -0.39 is 0 Å². The van der Waals surface area contributed by atoms with Crippen molar-refractivity contribution in [3.63, 3.8) is 0 Å². The van der Waals surface area contributed by atoms with E-state index in [1.165, 1.54) is 5.57 Å². The van der Waals surface area contributed by atoms with Crippen LogP contribution in [0.1, 0.15) is 33.6 Å². The minimum atomic E-state index is 0.481. The Labute approximate surface area is 119 Å². The minimum absolute atomic E-state index is 0.481. The lowest BCUT2D eigenvalue weighted by Crippen LogP contribution is -2.37. The molecule has 3 unspecified atom stereocenters. The van der Waals surface area contributed by atoms with E-state index in [-0.39, 0.29) is 0 Å². The quantitative estimate of drug-likeness (QED) is 0.672. The molecule has 1 aliphatic carbocycles. The summed E-state index contributed by atoms with van der Waals surface area (Å²) in [6.45, 7) is 7.62. The standard InChI is InChI=1S/C18H27N/c1-6-14-19(5)17(4)15(2)16(3)18-12-10-8-7-9-11-13-18/h1,8,10-13,15-17H,7,9,14H2,2-5H3. The van der Waals surface area contributed by atoms with E-state index in [1.54, 1.807) is 0 Å². The van der Waals surface area contributed by atoms with Crippen molar-refractivity contribution in [3.8, 4) is 12.3 Å². The molecular weight excluding hydrogens is 230 g/mol. The van der Waals surface area contributed by atoms with Crippen LogP contribution in [0.4, 0.5) is 0 Å². The van der Waals surface area contributed by atoms with E-state index in [4.69, 9.17) is 6.42 Å². The molecule has 3 atom stereocenters. The average Bonchev–Trinajstić information content (AvgIpc) is 2.36. The summed E-state index contributed by atoms with van der Waals surface area (Å²) in [5, 5.41) is 0. The molecular formula is C18H27N. The van der Waals surface area contributed by atoms with Crippen LogP contribution in [-0.2, 0) is 0 Å². The summed E-state index contributed by atoms with van der Waals surface area (Å²) in [4.78, 5) is 2.25. The third kappa shape index (κ3) is 4.73. The molecule has 0 radical (unpaired) electrons. The zero-order valence-electron chi connectivity index (χ0n) is 12.8. The number of rotatable bonds is 5. The number of nitrogens with zero attached hydrogens (tertiary/aromatic N) is 1. The van der Waals surface area contributed by atoms with E-state index in [1.807, 2.05) is 0 Å². The number of terminal acetylenes is 1. The second kappa shape index (κ2) is 8.02. The molecule has 0 aromatic rings. The lowest BCUT2D eigenvalue weighted by molar-refractivity contribution is 0.192. The Morgan fingerprint density at radius 3 is 2.63 bits per heavy atom. The fourth-order valence-electron chi connectivity index (χ4n) is 2.46. The van der Waals surface area contributed by atoms with Gasteiger partial charge in [-0.1, -0.05) is 50.1 Å². The molecule has 1 heteroatoms. The molecule has 0 amide bonds. The van der Waals surface area contributed by atoms with Crippen molar-refractivity contribution in [1.29, 1.82) is 0 Å². The van der Waals surface area contributed by atoms with Crippen LogP contribution < -0.4 is 0 Å². The van der Waals surface area contributed by atoms with Crippen LogP contribution in [0.5, 0.6) is 0 Å². The molecule has 0 spiro atoms. The van der Waals surface area contributed by atoms with E-state index in [0.29, 0.717) is 24.4 Å². The molecule has 1 rings (SSSR count). The maximum atomic E-state index is 5.40. The highest BCUT2D eigenvalue weighted by Crippen LogP contribution is 2.27. The van der Waals surface area contributed by atoms with Gasteiger partial charge in [0.15, 0.2) is 0 Å². The molecule has 0 heterocycles. The van der Waals surface area contributed by atoms with Crippen molar-refractivity contribution in [2.24, 2.45) is 11.8 Å². The zero-order chi connectivity index (χ0) is 14.3. The fourth-order valence-corrected chi connectivity index (χ4v) is 2.46. The van der Waals surface area contributed by atoms with Gasteiger partial charge in [0.25, 0.3) is 0 Å². The van der Waals surface area contributed by atoms with Crippen LogP contribution >= 0.6 is 0 Å². The first kappa shape index (κ1) is 15.8. The van der Waals surface area contributed by atoms with Crippen molar-refractivity contribution in [1.82, 2.24) is 4.90 Å². The van der Waals surface area contributed by atoms with Gasteiger partial charge in [0.1, 0.15) is 0 Å². The summed E-state index contributed by atoms with van der Waals surface area (Å²) in [7, 11) is 2.11. The van der Waals surface area contributed by atoms with Crippen molar-refractivity contribution in [2.75, 3.05) is 13.6 Å². The largest absolute Gasteiger partial charge is 0.292 e. The van der Waals surface area contributed by atoms with Crippen LogP contribution in [0.2, 0.25) is 0 Å². The Hall–Kier alpha value is -1.26. The molecule has 0 aliphatic heterocycles. The molecule has 0 fully saturated rings. The van der Waals surface area contributed by atoms with Crippen molar-refractivity contribution in [2.45, 2.75) is 39.7 Å². The molecule has 104 valence electrons. The number of allylic oxidation sites excluding steroid dienone is 6. The highest BCUT2D eigenvalue weighted by atomic mass is 15.1. The third-order valence-corrected chi connectivity index (χ3v) is 4.35. The lowest BCUT2D eigenvalue weighted by atomic mass is 9.83. The Morgan fingerprint density at radius 2 is 1.95 bits per heavy atom. The van der Waals surface area contributed by atoms with Crippen LogP contribution in [0, 0.1) is 24.2 Å². The van der Waals surface area contributed by atoms with Gasteiger partial charge in [-0.25, -0.2) is 0 Å². The van der Waals surface area contributed by atoms with Gasteiger partial charge in [0.2, 0.25) is 0 Å². The van der Waals surface area contributed by atoms with Gasteiger partial charge in [-0.05, 0) is 44.2 Å². The van der Waals surface area contributed by atoms with Gasteiger partial charge < -0.3 is 0 Å². The normalized spacial score (nSPS) is 20.1. The molecule has 0 aromatic carbocycles.